The van der Waals surface area contributed by atoms with Crippen molar-refractivity contribution in [2.24, 2.45) is 0 Å². The van der Waals surface area contributed by atoms with Crippen molar-refractivity contribution in [3.05, 3.63) is 122 Å². The average molecular weight is 1450 g/mol. The number of carbonyl (C=O) groups is 4. The minimum atomic E-state index is -4.99. The number of phosphoric acid groups is 2. The Kier molecular flexibility index (Phi) is 69.5. The van der Waals surface area contributed by atoms with E-state index in [0.29, 0.717) is 25.7 Å². The highest BCUT2D eigenvalue weighted by atomic mass is 31.2. The van der Waals surface area contributed by atoms with E-state index in [1.165, 1.54) is 77.0 Å². The first-order chi connectivity index (χ1) is 48.7. The molecular weight excluding hydrogens is 1310 g/mol. The van der Waals surface area contributed by atoms with Crippen LogP contribution in [0.25, 0.3) is 0 Å². The summed E-state index contributed by atoms with van der Waals surface area (Å²) in [5.74, 6) is -2.34. The number of aliphatic hydroxyl groups is 1. The fraction of sp³-hybridized carbons (Fsp3) is 0.704. The molecule has 5 atom stereocenters. The predicted molar refractivity (Wildman–Crippen MR) is 408 cm³/mol. The van der Waals surface area contributed by atoms with Gasteiger partial charge in [0.05, 0.1) is 32.8 Å². The van der Waals surface area contributed by atoms with E-state index in [1.807, 2.05) is 18.2 Å². The zero-order valence-corrected chi connectivity index (χ0v) is 64.4. The fourth-order valence-electron chi connectivity index (χ4n) is 10.1. The summed E-state index contributed by atoms with van der Waals surface area (Å²) in [5, 5.41) is 10.6. The summed E-state index contributed by atoms with van der Waals surface area (Å²) in [5.41, 5.74) is 0. The van der Waals surface area contributed by atoms with Gasteiger partial charge in [0.15, 0.2) is 12.2 Å². The molecule has 0 aromatic carbocycles. The highest BCUT2D eigenvalue weighted by Gasteiger charge is 2.30. The van der Waals surface area contributed by atoms with Gasteiger partial charge in [-0.1, -0.05) is 297 Å². The molecule has 0 rings (SSSR count). The molecule has 574 valence electrons. The van der Waals surface area contributed by atoms with Crippen molar-refractivity contribution in [2.45, 2.75) is 329 Å². The van der Waals surface area contributed by atoms with E-state index in [-0.39, 0.29) is 25.7 Å². The Bertz CT molecular complexity index is 2370. The molecule has 19 heteroatoms. The molecule has 0 aromatic heterocycles. The van der Waals surface area contributed by atoms with Crippen LogP contribution in [-0.4, -0.2) is 96.7 Å². The molecule has 5 unspecified atom stereocenters. The average Bonchev–Trinajstić information content (AvgIpc) is 0.945. The molecule has 0 spiro atoms. The van der Waals surface area contributed by atoms with Gasteiger partial charge in [-0.25, -0.2) is 9.13 Å². The molecule has 0 aliphatic heterocycles. The molecule has 0 fully saturated rings. The van der Waals surface area contributed by atoms with E-state index in [9.17, 15) is 43.2 Å². The van der Waals surface area contributed by atoms with E-state index in [0.717, 1.165) is 154 Å². The number of carbonyl (C=O) groups excluding carboxylic acids is 4. The molecule has 0 bridgehead atoms. The van der Waals surface area contributed by atoms with Crippen LogP contribution in [0.4, 0.5) is 0 Å². The van der Waals surface area contributed by atoms with E-state index >= 15 is 0 Å². The van der Waals surface area contributed by atoms with Crippen LogP contribution in [0.15, 0.2) is 122 Å². The number of rotatable bonds is 72. The summed E-state index contributed by atoms with van der Waals surface area (Å²) in [7, 11) is -9.98. The van der Waals surface area contributed by atoms with E-state index in [1.54, 1.807) is 6.08 Å². The third-order valence-electron chi connectivity index (χ3n) is 16.0. The highest BCUT2D eigenvalue weighted by Crippen LogP contribution is 2.45. The summed E-state index contributed by atoms with van der Waals surface area (Å²) in [6.45, 7) is 4.48. The maximum Gasteiger partial charge on any atom is 0.472 e. The second kappa shape index (κ2) is 72.8. The summed E-state index contributed by atoms with van der Waals surface area (Å²) in [4.78, 5) is 72.8. The predicted octanol–water partition coefficient (Wildman–Crippen LogP) is 22.3. The van der Waals surface area contributed by atoms with E-state index < -0.39 is 97.5 Å². The lowest BCUT2D eigenvalue weighted by molar-refractivity contribution is -0.161. The standard InChI is InChI=1S/C81H138O17P2/c1-5-9-13-17-21-25-29-32-35-36-37-38-41-43-47-50-54-58-62-66-79(84)92-72-77(98-81(86)68-64-60-56-52-48-44-40-34-31-27-23-19-15-11-7-3)74-96-100(89,90)94-70-75(82)69-93-99(87,88)95-73-76(97-80(85)67-63-59-55-51-45-28-24-20-16-12-8-4)71-91-78(83)65-61-57-53-49-46-42-39-33-30-26-22-18-14-10-6-2/h9-10,13-14,20-22,24-26,32-33,35,37-39,46,49,57,61,75-77,82H,5-8,11-12,15-19,23,27-31,34,36,40-45,47-48,50-56,58-60,62-74H2,1-4H3,(H,87,88)(H,89,90)/b13-9-,14-10-,24-20-,25-21-,26-22-,35-32-,38-37-,39-33-,49-46-,61-57-. The molecule has 17 nitrogen and oxygen atoms in total. The van der Waals surface area contributed by atoms with Crippen LogP contribution in [0.1, 0.15) is 310 Å². The van der Waals surface area contributed by atoms with Crippen LogP contribution in [0.3, 0.4) is 0 Å². The third kappa shape index (κ3) is 71.8. The summed E-state index contributed by atoms with van der Waals surface area (Å²) in [6.07, 6.45) is 79.4. The number of phosphoric ester groups is 2. The largest absolute Gasteiger partial charge is 0.472 e. The number of ether oxygens (including phenoxy) is 4. The Balaban J connectivity index is 5.38. The lowest BCUT2D eigenvalue weighted by atomic mass is 10.0. The van der Waals surface area contributed by atoms with Crippen LogP contribution in [0, 0.1) is 0 Å². The molecule has 0 aliphatic rings. The number of allylic oxidation sites excluding steroid dienone is 19. The first-order valence-electron chi connectivity index (χ1n) is 38.8. The van der Waals surface area contributed by atoms with Crippen molar-refractivity contribution in [3.8, 4) is 0 Å². The minimum Gasteiger partial charge on any atom is -0.462 e. The van der Waals surface area contributed by atoms with Crippen LogP contribution in [0.2, 0.25) is 0 Å². The number of hydrogen-bond donors (Lipinski definition) is 3. The minimum absolute atomic E-state index is 0.0635. The molecule has 0 heterocycles. The lowest BCUT2D eigenvalue weighted by Gasteiger charge is -2.21. The van der Waals surface area contributed by atoms with Crippen molar-refractivity contribution in [1.29, 1.82) is 0 Å². The normalized spacial score (nSPS) is 14.6. The Morgan fingerprint density at radius 2 is 0.570 bits per heavy atom. The van der Waals surface area contributed by atoms with Gasteiger partial charge >= 0.3 is 39.5 Å². The monoisotopic (exact) mass is 1440 g/mol. The maximum absolute atomic E-state index is 13.1. The number of hydrogen-bond acceptors (Lipinski definition) is 15. The first-order valence-corrected chi connectivity index (χ1v) is 41.8. The van der Waals surface area contributed by atoms with Crippen molar-refractivity contribution in [1.82, 2.24) is 0 Å². The molecule has 100 heavy (non-hydrogen) atoms. The van der Waals surface area contributed by atoms with Crippen molar-refractivity contribution >= 4 is 39.5 Å². The summed E-state index contributed by atoms with van der Waals surface area (Å²) < 4.78 is 68.3. The molecule has 0 amide bonds. The first kappa shape index (κ1) is 95.5. The SMILES string of the molecule is CC/C=C\C/C=C\C/C=C\C/C=C\C/C=C\CC(=O)OCC(COP(=O)(O)OCC(O)COP(=O)(O)OCC(COC(=O)CCCCCCCC/C=C\C/C=C\C/C=C\C/C=C\CC)OC(=O)CCCCCCCCCCCCCCCCC)OC(=O)CCCCCCC/C=C\CCCC. The summed E-state index contributed by atoms with van der Waals surface area (Å²) >= 11 is 0. The van der Waals surface area contributed by atoms with Gasteiger partial charge in [0.25, 0.3) is 0 Å². The van der Waals surface area contributed by atoms with Gasteiger partial charge in [-0.15, -0.1) is 0 Å². The van der Waals surface area contributed by atoms with Gasteiger partial charge in [0, 0.05) is 19.3 Å². The van der Waals surface area contributed by atoms with E-state index in [4.69, 9.17) is 37.0 Å². The van der Waals surface area contributed by atoms with Crippen LogP contribution in [0.5, 0.6) is 0 Å². The number of esters is 4. The van der Waals surface area contributed by atoms with Crippen LogP contribution < -0.4 is 0 Å². The molecule has 3 N–H and O–H groups in total. The quantitative estimate of drug-likeness (QED) is 0.0169. The van der Waals surface area contributed by atoms with Gasteiger partial charge in [-0.3, -0.25) is 37.3 Å². The topological polar surface area (TPSA) is 237 Å². The maximum atomic E-state index is 13.1. The molecular formula is C81H138O17P2. The van der Waals surface area contributed by atoms with Crippen molar-refractivity contribution in [2.75, 3.05) is 39.6 Å². The molecule has 0 aliphatic carbocycles. The Hall–Kier alpha value is -4.54. The van der Waals surface area contributed by atoms with Gasteiger partial charge in [-0.2, -0.15) is 0 Å². The number of unbranched alkanes of at least 4 members (excludes halogenated alkanes) is 27. The van der Waals surface area contributed by atoms with Crippen molar-refractivity contribution in [3.63, 3.8) is 0 Å². The van der Waals surface area contributed by atoms with Gasteiger partial charge in [0.1, 0.15) is 19.3 Å². The number of aliphatic hydroxyl groups excluding tert-OH is 1. The zero-order valence-electron chi connectivity index (χ0n) is 62.6. The molecule has 0 aromatic rings. The van der Waals surface area contributed by atoms with Crippen molar-refractivity contribution < 1.29 is 80.2 Å². The van der Waals surface area contributed by atoms with Crippen LogP contribution >= 0.6 is 15.6 Å². The third-order valence-corrected chi connectivity index (χ3v) is 17.9. The molecule has 0 saturated carbocycles. The van der Waals surface area contributed by atoms with Gasteiger partial charge in [-0.05, 0) is 109 Å². The Morgan fingerprint density at radius 1 is 0.300 bits per heavy atom. The fourth-order valence-corrected chi connectivity index (χ4v) is 11.7. The second-order valence-electron chi connectivity index (χ2n) is 25.6. The highest BCUT2D eigenvalue weighted by molar-refractivity contribution is 7.47. The summed E-state index contributed by atoms with van der Waals surface area (Å²) in [6, 6.07) is 0. The smallest absolute Gasteiger partial charge is 0.462 e. The second-order valence-corrected chi connectivity index (χ2v) is 28.5. The van der Waals surface area contributed by atoms with Gasteiger partial charge in [0.2, 0.25) is 0 Å². The zero-order chi connectivity index (χ0) is 73.2. The Labute approximate surface area is 606 Å². The van der Waals surface area contributed by atoms with Gasteiger partial charge < -0.3 is 33.8 Å². The Morgan fingerprint density at radius 3 is 0.930 bits per heavy atom. The van der Waals surface area contributed by atoms with E-state index in [2.05, 4.69) is 125 Å². The lowest BCUT2D eigenvalue weighted by Crippen LogP contribution is -2.30. The van der Waals surface area contributed by atoms with Crippen LogP contribution in [-0.2, 0) is 65.4 Å². The molecule has 0 saturated heterocycles. The molecule has 0 radical (unpaired) electrons.